The molecule has 0 N–H and O–H groups in total. The van der Waals surface area contributed by atoms with Gasteiger partial charge in [-0.05, 0) is 34.6 Å². The van der Waals surface area contributed by atoms with Crippen molar-refractivity contribution in [3.05, 3.63) is 70.8 Å². The normalized spacial score (nSPS) is 13.2. The molecule has 0 aliphatic carbocycles. The summed E-state index contributed by atoms with van der Waals surface area (Å²) < 4.78 is 27.1. The van der Waals surface area contributed by atoms with Gasteiger partial charge in [0.2, 0.25) is 0 Å². The van der Waals surface area contributed by atoms with Crippen LogP contribution in [0.25, 0.3) is 0 Å². The maximum absolute atomic E-state index is 13.8. The second kappa shape index (κ2) is 6.27. The predicted octanol–water partition coefficient (Wildman–Crippen LogP) is 5.94. The summed E-state index contributed by atoms with van der Waals surface area (Å²) in [6.07, 6.45) is 0.413. The van der Waals surface area contributed by atoms with Gasteiger partial charge in [0.1, 0.15) is 0 Å². The van der Waals surface area contributed by atoms with Crippen molar-refractivity contribution >= 4 is 15.9 Å². The zero-order valence-electron chi connectivity index (χ0n) is 12.5. The van der Waals surface area contributed by atoms with E-state index in [0.29, 0.717) is 12.0 Å². The van der Waals surface area contributed by atoms with Crippen LogP contribution in [0.1, 0.15) is 42.3 Å². The molecule has 0 saturated heterocycles. The van der Waals surface area contributed by atoms with Gasteiger partial charge in [-0.25, -0.2) is 8.78 Å². The number of benzene rings is 2. The van der Waals surface area contributed by atoms with Gasteiger partial charge in [-0.1, -0.05) is 73.1 Å². The van der Waals surface area contributed by atoms with Crippen molar-refractivity contribution in [2.75, 3.05) is 0 Å². The molecule has 0 heterocycles. The van der Waals surface area contributed by atoms with Gasteiger partial charge < -0.3 is 0 Å². The Hall–Kier alpha value is -1.22. The smallest absolute Gasteiger partial charge is 0.162 e. The Morgan fingerprint density at radius 3 is 2.33 bits per heavy atom. The van der Waals surface area contributed by atoms with Crippen LogP contribution in [0.5, 0.6) is 0 Å². The molecule has 2 aromatic carbocycles. The van der Waals surface area contributed by atoms with Gasteiger partial charge in [-0.15, -0.1) is 0 Å². The molecule has 0 amide bonds. The summed E-state index contributed by atoms with van der Waals surface area (Å²) in [5, 5.41) is 0. The second-order valence-corrected chi connectivity index (χ2v) is 7.33. The average molecular weight is 353 g/mol. The van der Waals surface area contributed by atoms with Gasteiger partial charge in [0.25, 0.3) is 0 Å². The van der Waals surface area contributed by atoms with Crippen LogP contribution in [-0.4, -0.2) is 0 Å². The molecular formula is C18H19BrF2. The zero-order valence-corrected chi connectivity index (χ0v) is 14.0. The molecule has 0 radical (unpaired) electrons. The van der Waals surface area contributed by atoms with Crippen LogP contribution in [0.2, 0.25) is 0 Å². The Kier molecular flexibility index (Phi) is 4.82. The molecule has 0 aromatic heterocycles. The third-order valence-corrected chi connectivity index (χ3v) is 4.35. The standard InChI is InChI=1S/C18H19BrF2/c1-18(2,3)14-9-5-4-8-13(14)15(19)11-12-7-6-10-16(20)17(12)21/h4-10,15H,11H2,1-3H3. The highest BCUT2D eigenvalue weighted by Gasteiger charge is 2.22. The lowest BCUT2D eigenvalue weighted by molar-refractivity contribution is 0.498. The largest absolute Gasteiger partial charge is 0.204 e. The monoisotopic (exact) mass is 352 g/mol. The summed E-state index contributed by atoms with van der Waals surface area (Å²) in [6, 6.07) is 12.4. The number of hydrogen-bond donors (Lipinski definition) is 0. The van der Waals surface area contributed by atoms with Crippen LogP contribution in [0.15, 0.2) is 42.5 Å². The molecule has 0 saturated carbocycles. The van der Waals surface area contributed by atoms with Crippen LogP contribution < -0.4 is 0 Å². The van der Waals surface area contributed by atoms with Crippen molar-refractivity contribution in [3.63, 3.8) is 0 Å². The van der Waals surface area contributed by atoms with Gasteiger partial charge >= 0.3 is 0 Å². The van der Waals surface area contributed by atoms with E-state index in [-0.39, 0.29) is 10.2 Å². The predicted molar refractivity (Wildman–Crippen MR) is 86.9 cm³/mol. The van der Waals surface area contributed by atoms with Crippen molar-refractivity contribution < 1.29 is 8.78 Å². The van der Waals surface area contributed by atoms with E-state index in [0.717, 1.165) is 11.6 Å². The van der Waals surface area contributed by atoms with Gasteiger partial charge in [0, 0.05) is 4.83 Å². The first-order chi connectivity index (χ1) is 9.80. The highest BCUT2D eigenvalue weighted by Crippen LogP contribution is 2.35. The Morgan fingerprint density at radius 1 is 1.00 bits per heavy atom. The van der Waals surface area contributed by atoms with Crippen LogP contribution in [0.3, 0.4) is 0 Å². The van der Waals surface area contributed by atoms with Gasteiger partial charge in [-0.2, -0.15) is 0 Å². The Balaban J connectivity index is 2.33. The molecule has 112 valence electrons. The van der Waals surface area contributed by atoms with Crippen molar-refractivity contribution in [1.82, 2.24) is 0 Å². The molecule has 3 heteroatoms. The van der Waals surface area contributed by atoms with Crippen molar-refractivity contribution in [2.45, 2.75) is 37.4 Å². The molecular weight excluding hydrogens is 334 g/mol. The minimum atomic E-state index is -0.795. The molecule has 0 spiro atoms. The van der Waals surface area contributed by atoms with E-state index < -0.39 is 11.6 Å². The lowest BCUT2D eigenvalue weighted by atomic mass is 9.82. The summed E-state index contributed by atoms with van der Waals surface area (Å²) in [5.41, 5.74) is 2.72. The lowest BCUT2D eigenvalue weighted by Gasteiger charge is -2.25. The van der Waals surface area contributed by atoms with Crippen molar-refractivity contribution in [3.8, 4) is 0 Å². The summed E-state index contributed by atoms with van der Waals surface area (Å²) in [7, 11) is 0. The van der Waals surface area contributed by atoms with E-state index in [9.17, 15) is 8.78 Å². The number of alkyl halides is 1. The maximum Gasteiger partial charge on any atom is 0.162 e. The molecule has 0 nitrogen and oxygen atoms in total. The van der Waals surface area contributed by atoms with Crippen LogP contribution in [-0.2, 0) is 11.8 Å². The van der Waals surface area contributed by atoms with Crippen molar-refractivity contribution in [2.24, 2.45) is 0 Å². The first-order valence-electron chi connectivity index (χ1n) is 6.97. The number of rotatable bonds is 3. The minimum Gasteiger partial charge on any atom is -0.204 e. The highest BCUT2D eigenvalue weighted by atomic mass is 79.9. The molecule has 21 heavy (non-hydrogen) atoms. The average Bonchev–Trinajstić information content (AvgIpc) is 2.43. The summed E-state index contributed by atoms with van der Waals surface area (Å²) in [5.74, 6) is -1.55. The molecule has 2 aromatic rings. The molecule has 2 rings (SSSR count). The van der Waals surface area contributed by atoms with Crippen LogP contribution >= 0.6 is 15.9 Å². The molecule has 1 atom stereocenters. The van der Waals surface area contributed by atoms with Crippen molar-refractivity contribution in [1.29, 1.82) is 0 Å². The third-order valence-electron chi connectivity index (χ3n) is 3.54. The van der Waals surface area contributed by atoms with Crippen LogP contribution in [0.4, 0.5) is 8.78 Å². The van der Waals surface area contributed by atoms with E-state index >= 15 is 0 Å². The summed E-state index contributed by atoms with van der Waals surface area (Å²) in [4.78, 5) is -0.0516. The fourth-order valence-corrected chi connectivity index (χ4v) is 3.21. The highest BCUT2D eigenvalue weighted by molar-refractivity contribution is 9.09. The Bertz CT molecular complexity index is 629. The lowest BCUT2D eigenvalue weighted by Crippen LogP contribution is -2.15. The van der Waals surface area contributed by atoms with E-state index in [1.165, 1.54) is 5.56 Å². The molecule has 1 unspecified atom stereocenters. The number of halogens is 3. The van der Waals surface area contributed by atoms with Gasteiger partial charge in [0.15, 0.2) is 11.6 Å². The first-order valence-corrected chi connectivity index (χ1v) is 7.88. The van der Waals surface area contributed by atoms with E-state index in [4.69, 9.17) is 0 Å². The fraction of sp³-hybridized carbons (Fsp3) is 0.333. The quantitative estimate of drug-likeness (QED) is 0.599. The van der Waals surface area contributed by atoms with Crippen LogP contribution in [0, 0.1) is 11.6 Å². The Labute approximate surface area is 133 Å². The van der Waals surface area contributed by atoms with Gasteiger partial charge in [0.05, 0.1) is 0 Å². The van der Waals surface area contributed by atoms with E-state index in [1.807, 2.05) is 18.2 Å². The second-order valence-electron chi connectivity index (χ2n) is 6.22. The molecule has 0 aliphatic rings. The fourth-order valence-electron chi connectivity index (χ4n) is 2.46. The molecule has 0 fully saturated rings. The third kappa shape index (κ3) is 3.70. The first kappa shape index (κ1) is 16.2. The van der Waals surface area contributed by atoms with Gasteiger partial charge in [-0.3, -0.25) is 0 Å². The minimum absolute atomic E-state index is 0.00307. The topological polar surface area (TPSA) is 0 Å². The SMILES string of the molecule is CC(C)(C)c1ccccc1C(Br)Cc1cccc(F)c1F. The molecule has 0 aliphatic heterocycles. The zero-order chi connectivity index (χ0) is 15.6. The molecule has 0 bridgehead atoms. The summed E-state index contributed by atoms with van der Waals surface area (Å²) in [6.45, 7) is 6.44. The van der Waals surface area contributed by atoms with E-state index in [2.05, 4.69) is 42.8 Å². The van der Waals surface area contributed by atoms with E-state index in [1.54, 1.807) is 12.1 Å². The summed E-state index contributed by atoms with van der Waals surface area (Å²) >= 11 is 3.64. The maximum atomic E-state index is 13.8. The number of hydrogen-bond acceptors (Lipinski definition) is 0. The Morgan fingerprint density at radius 2 is 1.67 bits per heavy atom.